The van der Waals surface area contributed by atoms with Gasteiger partial charge in [-0.15, -0.1) is 0 Å². The summed E-state index contributed by atoms with van der Waals surface area (Å²) < 4.78 is 2.15. The quantitative estimate of drug-likeness (QED) is 0.426. The molecule has 3 aromatic carbocycles. The van der Waals surface area contributed by atoms with Crippen molar-refractivity contribution in [3.63, 3.8) is 0 Å². The predicted molar refractivity (Wildman–Crippen MR) is 124 cm³/mol. The number of allylic oxidation sites excluding steroid dienone is 1. The summed E-state index contributed by atoms with van der Waals surface area (Å²) in [5, 5.41) is 29.4. The molecule has 1 N–H and O–H groups in total. The van der Waals surface area contributed by atoms with Crippen LogP contribution in [0.1, 0.15) is 38.3 Å². The lowest BCUT2D eigenvalue weighted by Gasteiger charge is -2.10. The number of para-hydroxylation sites is 1. The Morgan fingerprint density at radius 1 is 0.969 bits per heavy atom. The second-order valence-corrected chi connectivity index (χ2v) is 7.42. The second-order valence-electron chi connectivity index (χ2n) is 7.42. The van der Waals surface area contributed by atoms with E-state index in [9.17, 15) is 15.3 Å². The maximum atomic E-state index is 11.1. The van der Waals surface area contributed by atoms with Gasteiger partial charge < -0.3 is 9.67 Å². The number of aromatic carboxylic acids is 1. The van der Waals surface area contributed by atoms with Gasteiger partial charge in [-0.1, -0.05) is 48.5 Å². The summed E-state index contributed by atoms with van der Waals surface area (Å²) in [6, 6.07) is 26.3. The van der Waals surface area contributed by atoms with E-state index in [-0.39, 0.29) is 5.56 Å². The van der Waals surface area contributed by atoms with Gasteiger partial charge in [0.2, 0.25) is 0 Å². The molecule has 5 heteroatoms. The highest BCUT2D eigenvalue weighted by Crippen LogP contribution is 2.31. The van der Waals surface area contributed by atoms with Crippen molar-refractivity contribution in [2.45, 2.75) is 13.5 Å². The highest BCUT2D eigenvalue weighted by molar-refractivity contribution is 5.99. The topological polar surface area (TPSA) is 89.8 Å². The van der Waals surface area contributed by atoms with Crippen molar-refractivity contribution in [3.05, 3.63) is 106 Å². The van der Waals surface area contributed by atoms with Crippen molar-refractivity contribution >= 4 is 28.5 Å². The molecule has 32 heavy (non-hydrogen) atoms. The fraction of sp³-hybridized carbons (Fsp3) is 0.0741. The molecule has 5 nitrogen and oxygen atoms in total. The molecule has 4 aromatic rings. The number of fused-ring (bicyclic) bond motifs is 1. The highest BCUT2D eigenvalue weighted by atomic mass is 16.4. The van der Waals surface area contributed by atoms with Crippen molar-refractivity contribution in [2.75, 3.05) is 0 Å². The third-order valence-electron chi connectivity index (χ3n) is 5.60. The fourth-order valence-electron chi connectivity index (χ4n) is 3.90. The summed E-state index contributed by atoms with van der Waals surface area (Å²) in [4.78, 5) is 11.1. The van der Waals surface area contributed by atoms with Crippen LogP contribution in [0.3, 0.4) is 0 Å². The summed E-state index contributed by atoms with van der Waals surface area (Å²) in [7, 11) is 0. The number of rotatable bonds is 5. The monoisotopic (exact) mass is 417 g/mol. The molecule has 0 spiro atoms. The van der Waals surface area contributed by atoms with Crippen molar-refractivity contribution in [2.24, 2.45) is 0 Å². The Morgan fingerprint density at radius 3 is 2.31 bits per heavy atom. The lowest BCUT2D eigenvalue weighted by Crippen LogP contribution is -2.03. The van der Waals surface area contributed by atoms with Crippen LogP contribution in [0.5, 0.6) is 0 Å². The summed E-state index contributed by atoms with van der Waals surface area (Å²) in [5.74, 6) is -1.00. The lowest BCUT2D eigenvalue weighted by molar-refractivity contribution is 0.0697. The van der Waals surface area contributed by atoms with Gasteiger partial charge in [-0.2, -0.15) is 10.5 Å². The van der Waals surface area contributed by atoms with Crippen molar-refractivity contribution in [1.29, 1.82) is 10.5 Å². The molecule has 154 valence electrons. The molecule has 0 aliphatic rings. The average molecular weight is 417 g/mol. The van der Waals surface area contributed by atoms with E-state index in [0.29, 0.717) is 23.2 Å². The summed E-state index contributed by atoms with van der Waals surface area (Å²) in [5.41, 5.74) is 5.77. The van der Waals surface area contributed by atoms with E-state index >= 15 is 0 Å². The van der Waals surface area contributed by atoms with Gasteiger partial charge in [0, 0.05) is 28.7 Å². The summed E-state index contributed by atoms with van der Waals surface area (Å²) in [6.45, 7) is 2.54. The minimum absolute atomic E-state index is 0.176. The van der Waals surface area contributed by atoms with Crippen LogP contribution >= 0.6 is 0 Å². The van der Waals surface area contributed by atoms with Gasteiger partial charge in [-0.25, -0.2) is 4.79 Å². The average Bonchev–Trinajstić information content (AvgIpc) is 3.08. The van der Waals surface area contributed by atoms with Crippen LogP contribution in [-0.4, -0.2) is 15.6 Å². The molecule has 0 amide bonds. The third-order valence-corrected chi connectivity index (χ3v) is 5.60. The molecule has 1 aromatic heterocycles. The Balaban J connectivity index is 1.84. The number of aromatic nitrogens is 1. The number of nitriles is 2. The number of carbonyl (C=O) groups is 1. The third kappa shape index (κ3) is 3.76. The van der Waals surface area contributed by atoms with Crippen LogP contribution in [0.25, 0.3) is 22.6 Å². The van der Waals surface area contributed by atoms with E-state index in [0.717, 1.165) is 27.7 Å². The molecule has 0 unspecified atom stereocenters. The molecule has 0 fully saturated rings. The van der Waals surface area contributed by atoms with Gasteiger partial charge in [0.1, 0.15) is 0 Å². The number of hydrogen-bond acceptors (Lipinski definition) is 3. The van der Waals surface area contributed by atoms with Crippen molar-refractivity contribution < 1.29 is 9.90 Å². The predicted octanol–water partition coefficient (Wildman–Crippen LogP) is 5.63. The highest BCUT2D eigenvalue weighted by Gasteiger charge is 2.15. The standard InChI is InChI=1S/C27H19N3O2/c1-18-25(14-23(16-29)19-10-12-20(13-11-19)27(31)32)24-8-4-5-9-26(24)30(18)17-22-7-3-2-6-21(22)15-28/h2-14H,17H2,1H3,(H,31,32)/b23-14-. The van der Waals surface area contributed by atoms with Crippen LogP contribution in [0.15, 0.2) is 72.8 Å². The molecule has 0 saturated carbocycles. The normalized spacial score (nSPS) is 11.2. The first kappa shape index (κ1) is 20.7. The van der Waals surface area contributed by atoms with Crippen LogP contribution in [0, 0.1) is 29.6 Å². The smallest absolute Gasteiger partial charge is 0.335 e. The number of hydrogen-bond donors (Lipinski definition) is 1. The first-order valence-electron chi connectivity index (χ1n) is 10.0. The minimum Gasteiger partial charge on any atom is -0.478 e. The van der Waals surface area contributed by atoms with Gasteiger partial charge in [0.05, 0.1) is 28.8 Å². The maximum Gasteiger partial charge on any atom is 0.335 e. The van der Waals surface area contributed by atoms with Gasteiger partial charge in [0.25, 0.3) is 0 Å². The zero-order valence-electron chi connectivity index (χ0n) is 17.4. The zero-order chi connectivity index (χ0) is 22.7. The maximum absolute atomic E-state index is 11.1. The largest absolute Gasteiger partial charge is 0.478 e. The molecule has 0 aliphatic carbocycles. The molecule has 0 saturated heterocycles. The van der Waals surface area contributed by atoms with Crippen molar-refractivity contribution in [1.82, 2.24) is 4.57 Å². The number of benzene rings is 3. The van der Waals surface area contributed by atoms with E-state index < -0.39 is 5.97 Å². The molecule has 0 bridgehead atoms. The van der Waals surface area contributed by atoms with Crippen molar-refractivity contribution in [3.8, 4) is 12.1 Å². The number of carboxylic acid groups (broad SMARTS) is 1. The second kappa shape index (κ2) is 8.63. The zero-order valence-corrected chi connectivity index (χ0v) is 17.4. The van der Waals surface area contributed by atoms with Gasteiger partial charge in [0.15, 0.2) is 0 Å². The summed E-state index contributed by atoms with van der Waals surface area (Å²) in [6.07, 6.45) is 1.85. The molecule has 4 rings (SSSR count). The first-order chi connectivity index (χ1) is 15.5. The van der Waals surface area contributed by atoms with Crippen LogP contribution < -0.4 is 0 Å². The Morgan fingerprint density at radius 2 is 1.62 bits per heavy atom. The van der Waals surface area contributed by atoms with Crippen LogP contribution in [-0.2, 0) is 6.54 Å². The molecular weight excluding hydrogens is 398 g/mol. The lowest BCUT2D eigenvalue weighted by atomic mass is 10.0. The minimum atomic E-state index is -1.00. The molecular formula is C27H19N3O2. The Bertz CT molecular complexity index is 1450. The Hall–Kier alpha value is -4.61. The van der Waals surface area contributed by atoms with Gasteiger partial charge >= 0.3 is 5.97 Å². The van der Waals surface area contributed by atoms with Crippen LogP contribution in [0.4, 0.5) is 0 Å². The molecule has 0 aliphatic heterocycles. The van der Waals surface area contributed by atoms with E-state index in [1.165, 1.54) is 12.1 Å². The van der Waals surface area contributed by atoms with Gasteiger partial charge in [-0.05, 0) is 48.4 Å². The molecule has 0 atom stereocenters. The molecule has 1 heterocycles. The number of nitrogens with zero attached hydrogens (tertiary/aromatic N) is 3. The van der Waals surface area contributed by atoms with Crippen LogP contribution in [0.2, 0.25) is 0 Å². The fourth-order valence-corrected chi connectivity index (χ4v) is 3.90. The Kier molecular flexibility index (Phi) is 5.57. The van der Waals surface area contributed by atoms with E-state index in [4.69, 9.17) is 5.11 Å². The number of carboxylic acids is 1. The Labute approximate surface area is 185 Å². The SMILES string of the molecule is Cc1c(/C=C(/C#N)c2ccc(C(=O)O)cc2)c2ccccc2n1Cc1ccccc1C#N. The van der Waals surface area contributed by atoms with E-state index in [1.807, 2.05) is 61.5 Å². The van der Waals surface area contributed by atoms with E-state index in [2.05, 4.69) is 16.7 Å². The van der Waals surface area contributed by atoms with Gasteiger partial charge in [-0.3, -0.25) is 0 Å². The summed E-state index contributed by atoms with van der Waals surface area (Å²) >= 11 is 0. The first-order valence-corrected chi connectivity index (χ1v) is 10.0. The molecule has 0 radical (unpaired) electrons. The van der Waals surface area contributed by atoms with E-state index in [1.54, 1.807) is 12.1 Å².